The van der Waals surface area contributed by atoms with Crippen molar-refractivity contribution in [2.75, 3.05) is 0 Å². The molecule has 4 heteroatoms. The lowest BCUT2D eigenvalue weighted by atomic mass is 9.67. The van der Waals surface area contributed by atoms with Gasteiger partial charge in [0.1, 0.15) is 0 Å². The van der Waals surface area contributed by atoms with Crippen LogP contribution in [0.4, 0.5) is 0 Å². The number of nitrogens with zero attached hydrogens (tertiary/aromatic N) is 2. The molecule has 4 aliphatic heterocycles. The molecule has 12 atom stereocenters. The summed E-state index contributed by atoms with van der Waals surface area (Å²) in [5.74, 6) is 3.45. The lowest BCUT2D eigenvalue weighted by Gasteiger charge is -2.41. The summed E-state index contributed by atoms with van der Waals surface area (Å²) in [4.78, 5) is 10.6. The fourth-order valence-electron chi connectivity index (χ4n) is 7.59. The van der Waals surface area contributed by atoms with Gasteiger partial charge < -0.3 is 10.6 Å². The summed E-state index contributed by atoms with van der Waals surface area (Å²) in [5, 5.41) is 8.06. The molecule has 0 aromatic heterocycles. The molecule has 0 aromatic carbocycles. The van der Waals surface area contributed by atoms with E-state index in [1.54, 1.807) is 0 Å². The summed E-state index contributed by atoms with van der Waals surface area (Å²) in [7, 11) is 0. The molecule has 4 heterocycles. The van der Waals surface area contributed by atoms with Crippen LogP contribution in [0.25, 0.3) is 0 Å². The second-order valence-corrected chi connectivity index (χ2v) is 11.7. The average Bonchev–Trinajstić information content (AvgIpc) is 3.34. The molecule has 0 saturated carbocycles. The molecule has 2 fully saturated rings. The average molecular weight is 415 g/mol. The highest BCUT2D eigenvalue weighted by atomic mass is 15.1. The highest BCUT2D eigenvalue weighted by Crippen LogP contribution is 2.43. The largest absolute Gasteiger partial charge is 0.311 e. The highest BCUT2D eigenvalue weighted by Gasteiger charge is 2.51. The fourth-order valence-corrected chi connectivity index (χ4v) is 7.59. The summed E-state index contributed by atoms with van der Waals surface area (Å²) in [5.41, 5.74) is 2.99. The minimum Gasteiger partial charge on any atom is -0.311 e. The summed E-state index contributed by atoms with van der Waals surface area (Å²) >= 11 is 0. The van der Waals surface area contributed by atoms with Crippen LogP contribution in [0.3, 0.4) is 0 Å². The van der Waals surface area contributed by atoms with Crippen molar-refractivity contribution in [1.29, 1.82) is 0 Å². The summed E-state index contributed by atoms with van der Waals surface area (Å²) in [6.07, 6.45) is 4.95. The molecule has 0 amide bonds. The molecule has 0 radical (unpaired) electrons. The van der Waals surface area contributed by atoms with Crippen molar-refractivity contribution in [3.63, 3.8) is 0 Å². The Morgan fingerprint density at radius 1 is 0.600 bits per heavy atom. The van der Waals surface area contributed by atoms with Gasteiger partial charge in [0.15, 0.2) is 0 Å². The van der Waals surface area contributed by atoms with E-state index in [9.17, 15) is 0 Å². The minimum absolute atomic E-state index is 0.460. The van der Waals surface area contributed by atoms with E-state index < -0.39 is 0 Å². The van der Waals surface area contributed by atoms with Gasteiger partial charge in [-0.25, -0.2) is 0 Å². The molecule has 4 rings (SSSR count). The number of hydrogen-bond acceptors (Lipinski definition) is 4. The molecular formula is C26H46N4. The Hall–Kier alpha value is -0.740. The van der Waals surface area contributed by atoms with E-state index in [2.05, 4.69) is 66.0 Å². The lowest BCUT2D eigenvalue weighted by Crippen LogP contribution is -2.54. The van der Waals surface area contributed by atoms with E-state index in [1.807, 2.05) is 0 Å². The predicted molar refractivity (Wildman–Crippen MR) is 129 cm³/mol. The quantitative estimate of drug-likeness (QED) is 0.683. The third-order valence-electron chi connectivity index (χ3n) is 8.61. The van der Waals surface area contributed by atoms with Gasteiger partial charge in [0, 0.05) is 59.5 Å². The number of hydrogen-bond donors (Lipinski definition) is 2. The Morgan fingerprint density at radius 3 is 1.20 bits per heavy atom. The van der Waals surface area contributed by atoms with Crippen LogP contribution < -0.4 is 10.6 Å². The van der Waals surface area contributed by atoms with Crippen molar-refractivity contribution < 1.29 is 0 Å². The maximum absolute atomic E-state index is 5.32. The van der Waals surface area contributed by atoms with E-state index in [0.29, 0.717) is 71.8 Å². The van der Waals surface area contributed by atoms with Crippen molar-refractivity contribution in [3.05, 3.63) is 0 Å². The van der Waals surface area contributed by atoms with Crippen LogP contribution in [0.2, 0.25) is 0 Å². The molecule has 0 aromatic rings. The van der Waals surface area contributed by atoms with Gasteiger partial charge in [-0.05, 0) is 77.0 Å². The Morgan fingerprint density at radius 2 is 0.967 bits per heavy atom. The van der Waals surface area contributed by atoms with Crippen LogP contribution in [0.1, 0.15) is 81.1 Å². The standard InChI is InChI=1S/C26H46N4/c1-13-9-17(5)27-23(13)21(24-14(2)10-18(6)28-24)22(25-15(3)11-19(7)29-25)26-16(4)12-20(8)30-26/h13-23,25,27,29H,9-12H2,1-8H3. The van der Waals surface area contributed by atoms with Crippen molar-refractivity contribution >= 4 is 11.4 Å². The smallest absolute Gasteiger partial charge is 0.0477 e. The normalized spacial score (nSPS) is 48.7. The van der Waals surface area contributed by atoms with Crippen LogP contribution in [0.5, 0.6) is 0 Å². The minimum atomic E-state index is 0.460. The van der Waals surface area contributed by atoms with E-state index in [1.165, 1.54) is 37.1 Å². The van der Waals surface area contributed by atoms with Gasteiger partial charge in [-0.2, -0.15) is 0 Å². The fraction of sp³-hybridized carbons (Fsp3) is 0.923. The first-order valence-corrected chi connectivity index (χ1v) is 12.8. The molecule has 4 nitrogen and oxygen atoms in total. The van der Waals surface area contributed by atoms with Gasteiger partial charge in [-0.15, -0.1) is 0 Å². The zero-order valence-corrected chi connectivity index (χ0v) is 20.7. The van der Waals surface area contributed by atoms with Crippen LogP contribution in [0.15, 0.2) is 9.98 Å². The lowest BCUT2D eigenvalue weighted by molar-refractivity contribution is 0.270. The van der Waals surface area contributed by atoms with Gasteiger partial charge in [-0.3, -0.25) is 9.98 Å². The first kappa shape index (κ1) is 22.5. The van der Waals surface area contributed by atoms with Gasteiger partial charge in [0.05, 0.1) is 0 Å². The van der Waals surface area contributed by atoms with Crippen LogP contribution in [0, 0.1) is 35.5 Å². The monoisotopic (exact) mass is 414 g/mol. The molecule has 30 heavy (non-hydrogen) atoms. The van der Waals surface area contributed by atoms with E-state index >= 15 is 0 Å². The zero-order chi connectivity index (χ0) is 21.7. The number of aliphatic imine (C=N–C) groups is 2. The Bertz CT molecular complexity index is 627. The van der Waals surface area contributed by atoms with Crippen LogP contribution in [-0.2, 0) is 0 Å². The van der Waals surface area contributed by atoms with Gasteiger partial charge in [0.2, 0.25) is 0 Å². The maximum atomic E-state index is 5.32. The Kier molecular flexibility index (Phi) is 6.48. The third kappa shape index (κ3) is 4.16. The van der Waals surface area contributed by atoms with Gasteiger partial charge in [0.25, 0.3) is 0 Å². The molecule has 12 unspecified atom stereocenters. The van der Waals surface area contributed by atoms with Gasteiger partial charge in [-0.1, -0.05) is 27.7 Å². The second-order valence-electron chi connectivity index (χ2n) is 11.7. The molecule has 0 bridgehead atoms. The van der Waals surface area contributed by atoms with Crippen molar-refractivity contribution in [2.45, 2.75) is 117 Å². The van der Waals surface area contributed by atoms with Crippen LogP contribution >= 0.6 is 0 Å². The highest BCUT2D eigenvalue weighted by molar-refractivity contribution is 5.99. The Labute approximate surface area is 185 Å². The first-order chi connectivity index (χ1) is 14.2. The molecule has 0 spiro atoms. The van der Waals surface area contributed by atoms with E-state index in [0.717, 1.165) is 0 Å². The van der Waals surface area contributed by atoms with Gasteiger partial charge >= 0.3 is 0 Å². The molecule has 2 saturated heterocycles. The molecule has 0 aliphatic carbocycles. The number of nitrogens with one attached hydrogen (secondary N) is 2. The second kappa shape index (κ2) is 8.65. The summed E-state index contributed by atoms with van der Waals surface area (Å²) in [6, 6.07) is 3.12. The van der Waals surface area contributed by atoms with E-state index in [4.69, 9.17) is 9.98 Å². The zero-order valence-electron chi connectivity index (χ0n) is 20.7. The molecule has 2 N–H and O–H groups in total. The SMILES string of the molecule is CC1CC(C)C(C(C2NC(C)CC2C)C(C2=NC(C)CC2C)C2NC(C)CC2C)=N1. The third-order valence-corrected chi connectivity index (χ3v) is 8.61. The summed E-state index contributed by atoms with van der Waals surface area (Å²) < 4.78 is 0. The molecule has 170 valence electrons. The van der Waals surface area contributed by atoms with E-state index in [-0.39, 0.29) is 0 Å². The Balaban J connectivity index is 1.81. The topological polar surface area (TPSA) is 48.8 Å². The van der Waals surface area contributed by atoms with Crippen LogP contribution in [-0.4, -0.2) is 47.7 Å². The predicted octanol–water partition coefficient (Wildman–Crippen LogP) is 4.73. The van der Waals surface area contributed by atoms with Crippen molar-refractivity contribution in [3.8, 4) is 0 Å². The molecule has 4 aliphatic rings. The number of rotatable bonds is 5. The first-order valence-electron chi connectivity index (χ1n) is 12.8. The summed E-state index contributed by atoms with van der Waals surface area (Å²) in [6.45, 7) is 19.1. The molecular weight excluding hydrogens is 368 g/mol. The van der Waals surface area contributed by atoms with Crippen molar-refractivity contribution in [2.24, 2.45) is 45.5 Å². The van der Waals surface area contributed by atoms with Crippen molar-refractivity contribution in [1.82, 2.24) is 10.6 Å². The maximum Gasteiger partial charge on any atom is 0.0477 e.